The Hall–Kier alpha value is -2.64. The highest BCUT2D eigenvalue weighted by Crippen LogP contribution is 2.28. The summed E-state index contributed by atoms with van der Waals surface area (Å²) in [4.78, 5) is 12.5. The zero-order chi connectivity index (χ0) is 17.5. The average molecular weight is 322 g/mol. The van der Waals surface area contributed by atoms with E-state index in [0.717, 1.165) is 28.8 Å². The second-order valence-electron chi connectivity index (χ2n) is 6.38. The van der Waals surface area contributed by atoms with E-state index >= 15 is 0 Å². The molecule has 0 fully saturated rings. The van der Waals surface area contributed by atoms with E-state index in [1.165, 1.54) is 0 Å². The number of quaternary nitrogens is 1. The van der Waals surface area contributed by atoms with E-state index in [0.29, 0.717) is 5.92 Å². The van der Waals surface area contributed by atoms with Gasteiger partial charge in [-0.1, -0.05) is 38.1 Å². The molecule has 0 radical (unpaired) electrons. The maximum Gasteiger partial charge on any atom is 0.228 e. The summed E-state index contributed by atoms with van der Waals surface area (Å²) in [6, 6.07) is 18.1. The second kappa shape index (κ2) is 8.28. The van der Waals surface area contributed by atoms with Gasteiger partial charge in [-0.2, -0.15) is 5.26 Å². The molecule has 4 N–H and O–H groups in total. The van der Waals surface area contributed by atoms with E-state index in [1.807, 2.05) is 48.5 Å². The number of amides is 1. The topological polar surface area (TPSA) is 80.5 Å². The van der Waals surface area contributed by atoms with Gasteiger partial charge in [-0.25, -0.2) is 0 Å². The number of hydrogen-bond acceptors (Lipinski definition) is 2. The monoisotopic (exact) mass is 322 g/mol. The SMILES string of the molecule is CC(C)CC(C(=O)NCC#N)c1cccc(-c2ccc([NH3+])cc2)c1. The summed E-state index contributed by atoms with van der Waals surface area (Å²) in [7, 11) is 0. The standard InChI is InChI=1S/C20H23N3O/c1-14(2)12-19(20(24)23-11-10-21)17-5-3-4-16(13-17)15-6-8-18(22)9-7-15/h3-9,13-14,19H,11-12,22H2,1-2H3,(H,23,24)/p+1. The Labute approximate surface area is 143 Å². The first-order valence-electron chi connectivity index (χ1n) is 8.18. The van der Waals surface area contributed by atoms with Crippen LogP contribution in [0, 0.1) is 17.2 Å². The Kier molecular flexibility index (Phi) is 6.11. The predicted octanol–water partition coefficient (Wildman–Crippen LogP) is 3.00. The zero-order valence-electron chi connectivity index (χ0n) is 14.3. The van der Waals surface area contributed by atoms with Gasteiger partial charge in [-0.3, -0.25) is 4.79 Å². The molecule has 124 valence electrons. The normalized spacial score (nSPS) is 11.8. The van der Waals surface area contributed by atoms with E-state index in [2.05, 4.69) is 31.0 Å². The number of nitrogens with one attached hydrogen (secondary N) is 1. The van der Waals surface area contributed by atoms with Crippen LogP contribution in [0.4, 0.5) is 5.69 Å². The largest absolute Gasteiger partial charge is 0.342 e. The van der Waals surface area contributed by atoms with Crippen LogP contribution in [0.25, 0.3) is 11.1 Å². The molecule has 0 saturated carbocycles. The van der Waals surface area contributed by atoms with Gasteiger partial charge in [-0.15, -0.1) is 0 Å². The first-order chi connectivity index (χ1) is 11.5. The Bertz CT molecular complexity index is 729. The van der Waals surface area contributed by atoms with Gasteiger partial charge < -0.3 is 11.1 Å². The van der Waals surface area contributed by atoms with Crippen molar-refractivity contribution in [1.82, 2.24) is 5.32 Å². The summed E-state index contributed by atoms with van der Waals surface area (Å²) in [6.07, 6.45) is 0.749. The third kappa shape index (κ3) is 4.68. The third-order valence-electron chi connectivity index (χ3n) is 3.94. The highest BCUT2D eigenvalue weighted by atomic mass is 16.1. The molecule has 0 bridgehead atoms. The van der Waals surface area contributed by atoms with Crippen molar-refractivity contribution in [3.63, 3.8) is 0 Å². The lowest BCUT2D eigenvalue weighted by atomic mass is 9.88. The van der Waals surface area contributed by atoms with Crippen molar-refractivity contribution in [2.75, 3.05) is 6.54 Å². The van der Waals surface area contributed by atoms with Crippen LogP contribution in [0.2, 0.25) is 0 Å². The molecule has 1 amide bonds. The van der Waals surface area contributed by atoms with Gasteiger partial charge in [0.2, 0.25) is 5.91 Å². The smallest absolute Gasteiger partial charge is 0.228 e. The minimum absolute atomic E-state index is 0.0398. The molecule has 0 aliphatic carbocycles. The van der Waals surface area contributed by atoms with Gasteiger partial charge in [0.15, 0.2) is 0 Å². The molecule has 2 aromatic carbocycles. The molecule has 0 aliphatic rings. The number of carbonyl (C=O) groups is 1. The first-order valence-corrected chi connectivity index (χ1v) is 8.18. The quantitative estimate of drug-likeness (QED) is 0.802. The average Bonchev–Trinajstić information content (AvgIpc) is 2.58. The van der Waals surface area contributed by atoms with Gasteiger partial charge in [0.05, 0.1) is 12.0 Å². The van der Waals surface area contributed by atoms with Crippen molar-refractivity contribution in [2.24, 2.45) is 5.92 Å². The fourth-order valence-electron chi connectivity index (χ4n) is 2.75. The van der Waals surface area contributed by atoms with E-state index in [9.17, 15) is 4.79 Å². The minimum Gasteiger partial charge on any atom is -0.342 e. The van der Waals surface area contributed by atoms with Gasteiger partial charge in [0, 0.05) is 0 Å². The Balaban J connectivity index is 2.32. The lowest BCUT2D eigenvalue weighted by Gasteiger charge is -2.19. The number of nitriles is 1. The van der Waals surface area contributed by atoms with Crippen molar-refractivity contribution in [3.05, 3.63) is 54.1 Å². The summed E-state index contributed by atoms with van der Waals surface area (Å²) in [5.74, 6) is 0.0536. The molecule has 1 unspecified atom stereocenters. The number of nitrogens with zero attached hydrogens (tertiary/aromatic N) is 1. The number of carbonyl (C=O) groups excluding carboxylic acids is 1. The van der Waals surface area contributed by atoms with Crippen LogP contribution in [-0.2, 0) is 4.79 Å². The van der Waals surface area contributed by atoms with Crippen LogP contribution in [0.3, 0.4) is 0 Å². The number of hydrogen-bond donors (Lipinski definition) is 2. The molecule has 24 heavy (non-hydrogen) atoms. The fraction of sp³-hybridized carbons (Fsp3) is 0.300. The molecule has 0 heterocycles. The lowest BCUT2D eigenvalue weighted by molar-refractivity contribution is -0.254. The maximum absolute atomic E-state index is 12.5. The molecule has 4 heteroatoms. The van der Waals surface area contributed by atoms with Crippen LogP contribution in [-0.4, -0.2) is 12.5 Å². The molecule has 0 saturated heterocycles. The van der Waals surface area contributed by atoms with Crippen molar-refractivity contribution in [3.8, 4) is 17.2 Å². The predicted molar refractivity (Wildman–Crippen MR) is 95.2 cm³/mol. The Morgan fingerprint density at radius 2 is 1.88 bits per heavy atom. The Morgan fingerprint density at radius 3 is 2.50 bits per heavy atom. The van der Waals surface area contributed by atoms with Crippen LogP contribution >= 0.6 is 0 Å². The molecular formula is C20H24N3O+. The van der Waals surface area contributed by atoms with Gasteiger partial charge >= 0.3 is 0 Å². The second-order valence-corrected chi connectivity index (χ2v) is 6.38. The van der Waals surface area contributed by atoms with Gasteiger partial charge in [0.25, 0.3) is 0 Å². The summed E-state index contributed by atoms with van der Waals surface area (Å²) in [5, 5.41) is 11.4. The summed E-state index contributed by atoms with van der Waals surface area (Å²) in [5.41, 5.74) is 8.04. The van der Waals surface area contributed by atoms with Gasteiger partial charge in [0.1, 0.15) is 12.2 Å². The van der Waals surface area contributed by atoms with Crippen LogP contribution in [0.5, 0.6) is 0 Å². The summed E-state index contributed by atoms with van der Waals surface area (Å²) < 4.78 is 0. The van der Waals surface area contributed by atoms with Crippen LogP contribution in [0.1, 0.15) is 31.7 Å². The molecular weight excluding hydrogens is 298 g/mol. The van der Waals surface area contributed by atoms with Crippen molar-refractivity contribution >= 4 is 11.6 Å². The van der Waals surface area contributed by atoms with E-state index < -0.39 is 0 Å². The van der Waals surface area contributed by atoms with E-state index in [-0.39, 0.29) is 18.4 Å². The maximum atomic E-state index is 12.5. The molecule has 0 aliphatic heterocycles. The minimum atomic E-state index is -0.245. The zero-order valence-corrected chi connectivity index (χ0v) is 14.3. The number of benzene rings is 2. The highest BCUT2D eigenvalue weighted by molar-refractivity contribution is 5.84. The molecule has 4 nitrogen and oxygen atoms in total. The molecule has 1 atom stereocenters. The van der Waals surface area contributed by atoms with E-state index in [4.69, 9.17) is 5.26 Å². The van der Waals surface area contributed by atoms with Gasteiger partial charge in [-0.05, 0) is 53.3 Å². The lowest BCUT2D eigenvalue weighted by Crippen LogP contribution is -2.39. The molecule has 2 rings (SSSR count). The highest BCUT2D eigenvalue weighted by Gasteiger charge is 2.22. The summed E-state index contributed by atoms with van der Waals surface area (Å²) in [6.45, 7) is 4.24. The first kappa shape index (κ1) is 17.7. The van der Waals surface area contributed by atoms with Crippen LogP contribution in [0.15, 0.2) is 48.5 Å². The fourth-order valence-corrected chi connectivity index (χ4v) is 2.75. The number of rotatable bonds is 6. The van der Waals surface area contributed by atoms with Crippen molar-refractivity contribution < 1.29 is 10.5 Å². The molecule has 0 aromatic heterocycles. The molecule has 0 spiro atoms. The van der Waals surface area contributed by atoms with E-state index in [1.54, 1.807) is 0 Å². The molecule has 2 aromatic rings. The van der Waals surface area contributed by atoms with Crippen molar-refractivity contribution in [1.29, 1.82) is 5.26 Å². The third-order valence-corrected chi connectivity index (χ3v) is 3.94. The summed E-state index contributed by atoms with van der Waals surface area (Å²) >= 11 is 0. The van der Waals surface area contributed by atoms with Crippen molar-refractivity contribution in [2.45, 2.75) is 26.2 Å². The van der Waals surface area contributed by atoms with Crippen LogP contribution < -0.4 is 11.1 Å². The Morgan fingerprint density at radius 1 is 1.17 bits per heavy atom.